The zero-order valence-electron chi connectivity index (χ0n) is 16.4. The Hall–Kier alpha value is -2.33. The van der Waals surface area contributed by atoms with Crippen LogP contribution < -0.4 is 4.90 Å². The lowest BCUT2D eigenvalue weighted by molar-refractivity contribution is -0.161. The fourth-order valence-electron chi connectivity index (χ4n) is 4.48. The number of nitrogens with zero attached hydrogens (tertiary/aromatic N) is 2. The molecule has 0 aromatic heterocycles. The first-order valence-corrected chi connectivity index (χ1v) is 9.71. The second kappa shape index (κ2) is 7.01. The molecule has 2 fully saturated rings. The number of anilines is 1. The Morgan fingerprint density at radius 2 is 1.74 bits per heavy atom. The van der Waals surface area contributed by atoms with Gasteiger partial charge in [-0.15, -0.1) is 0 Å². The summed E-state index contributed by atoms with van der Waals surface area (Å²) in [5.74, 6) is 0.616. The topological polar surface area (TPSA) is 32.8 Å². The highest BCUT2D eigenvalue weighted by Crippen LogP contribution is 2.34. The number of para-hydroxylation sites is 1. The van der Waals surface area contributed by atoms with Crippen LogP contribution in [0.25, 0.3) is 0 Å². The molecule has 0 amide bonds. The van der Waals surface area contributed by atoms with Crippen LogP contribution in [0.2, 0.25) is 0 Å². The first-order valence-electron chi connectivity index (χ1n) is 9.71. The normalized spacial score (nSPS) is 19.3. The van der Waals surface area contributed by atoms with Crippen molar-refractivity contribution in [1.82, 2.24) is 4.90 Å². The quantitative estimate of drug-likeness (QED) is 0.733. The monoisotopic (exact) mass is 364 g/mol. The molecule has 0 aliphatic carbocycles. The molecular weight excluding hydrogens is 336 g/mol. The maximum Gasteiger partial charge on any atom is 0.293 e. The molecule has 0 spiro atoms. The summed E-state index contributed by atoms with van der Waals surface area (Å²) in [7, 11) is 0. The SMILES string of the molecule is Cc1cc(C2CN(c3ccccc3)C2)cc(C)c1CN1CC(C)(OC=O)C1. The van der Waals surface area contributed by atoms with Gasteiger partial charge in [0, 0.05) is 44.3 Å². The third kappa shape index (κ3) is 3.59. The van der Waals surface area contributed by atoms with Crippen molar-refractivity contribution >= 4 is 12.2 Å². The van der Waals surface area contributed by atoms with Gasteiger partial charge in [0.25, 0.3) is 6.47 Å². The predicted molar refractivity (Wildman–Crippen MR) is 108 cm³/mol. The molecule has 0 unspecified atom stereocenters. The molecule has 2 aromatic carbocycles. The van der Waals surface area contributed by atoms with E-state index in [-0.39, 0.29) is 5.60 Å². The Morgan fingerprint density at radius 3 is 2.33 bits per heavy atom. The molecule has 0 saturated carbocycles. The van der Waals surface area contributed by atoms with Crippen LogP contribution >= 0.6 is 0 Å². The summed E-state index contributed by atoms with van der Waals surface area (Å²) < 4.78 is 5.19. The van der Waals surface area contributed by atoms with Gasteiger partial charge in [-0.3, -0.25) is 9.69 Å². The molecule has 0 N–H and O–H groups in total. The molecule has 0 bridgehead atoms. The van der Waals surface area contributed by atoms with Gasteiger partial charge in [-0.05, 0) is 55.2 Å². The number of rotatable bonds is 6. The first kappa shape index (κ1) is 18.1. The van der Waals surface area contributed by atoms with Crippen molar-refractivity contribution in [2.24, 2.45) is 0 Å². The van der Waals surface area contributed by atoms with Gasteiger partial charge in [0.2, 0.25) is 0 Å². The van der Waals surface area contributed by atoms with Crippen molar-refractivity contribution < 1.29 is 9.53 Å². The second-order valence-corrected chi connectivity index (χ2v) is 8.38. The maximum atomic E-state index is 10.6. The summed E-state index contributed by atoms with van der Waals surface area (Å²) in [6.07, 6.45) is 0. The third-order valence-corrected chi connectivity index (χ3v) is 6.02. The van der Waals surface area contributed by atoms with Crippen molar-refractivity contribution in [2.45, 2.75) is 38.8 Å². The molecule has 0 atom stereocenters. The summed E-state index contributed by atoms with van der Waals surface area (Å²) in [6, 6.07) is 15.4. The number of benzene rings is 2. The summed E-state index contributed by atoms with van der Waals surface area (Å²) in [5.41, 5.74) is 6.61. The Bertz CT molecular complexity index is 799. The Balaban J connectivity index is 1.39. The lowest BCUT2D eigenvalue weighted by Crippen LogP contribution is -2.60. The zero-order valence-corrected chi connectivity index (χ0v) is 16.4. The average molecular weight is 364 g/mol. The molecule has 2 aliphatic rings. The van der Waals surface area contributed by atoms with Crippen LogP contribution in [-0.2, 0) is 16.1 Å². The van der Waals surface area contributed by atoms with Gasteiger partial charge in [0.15, 0.2) is 0 Å². The van der Waals surface area contributed by atoms with E-state index >= 15 is 0 Å². The van der Waals surface area contributed by atoms with Crippen molar-refractivity contribution in [2.75, 3.05) is 31.1 Å². The highest BCUT2D eigenvalue weighted by Gasteiger charge is 2.40. The molecule has 4 rings (SSSR count). The molecule has 2 aromatic rings. The van der Waals surface area contributed by atoms with Crippen molar-refractivity contribution in [3.8, 4) is 0 Å². The van der Waals surface area contributed by atoms with Gasteiger partial charge >= 0.3 is 0 Å². The predicted octanol–water partition coefficient (Wildman–Crippen LogP) is 3.65. The number of aryl methyl sites for hydroxylation is 2. The maximum absolute atomic E-state index is 10.6. The lowest BCUT2D eigenvalue weighted by Gasteiger charge is -2.46. The van der Waals surface area contributed by atoms with Crippen molar-refractivity contribution in [3.63, 3.8) is 0 Å². The van der Waals surface area contributed by atoms with E-state index in [2.05, 4.69) is 66.1 Å². The lowest BCUT2D eigenvalue weighted by atomic mass is 9.86. The van der Waals surface area contributed by atoms with Gasteiger partial charge in [-0.1, -0.05) is 30.3 Å². The van der Waals surface area contributed by atoms with Crippen LogP contribution in [0.3, 0.4) is 0 Å². The van der Waals surface area contributed by atoms with E-state index in [1.54, 1.807) is 0 Å². The van der Waals surface area contributed by atoms with Gasteiger partial charge < -0.3 is 9.64 Å². The minimum atomic E-state index is -0.309. The molecule has 4 heteroatoms. The van der Waals surface area contributed by atoms with Crippen LogP contribution in [0.5, 0.6) is 0 Å². The smallest absolute Gasteiger partial charge is 0.293 e. The van der Waals surface area contributed by atoms with Crippen LogP contribution in [0, 0.1) is 13.8 Å². The van der Waals surface area contributed by atoms with Crippen LogP contribution in [-0.4, -0.2) is 43.2 Å². The summed E-state index contributed by atoms with van der Waals surface area (Å²) in [6.45, 7) is 11.7. The van der Waals surface area contributed by atoms with Gasteiger partial charge in [-0.2, -0.15) is 0 Å². The highest BCUT2D eigenvalue weighted by atomic mass is 16.5. The van der Waals surface area contributed by atoms with E-state index in [4.69, 9.17) is 4.74 Å². The minimum Gasteiger partial charge on any atom is -0.459 e. The fourth-order valence-corrected chi connectivity index (χ4v) is 4.48. The van der Waals surface area contributed by atoms with E-state index in [9.17, 15) is 4.79 Å². The van der Waals surface area contributed by atoms with E-state index in [0.717, 1.165) is 32.7 Å². The molecule has 2 heterocycles. The van der Waals surface area contributed by atoms with E-state index in [1.807, 2.05) is 6.92 Å². The van der Waals surface area contributed by atoms with E-state index in [1.165, 1.54) is 27.9 Å². The summed E-state index contributed by atoms with van der Waals surface area (Å²) in [5, 5.41) is 0. The van der Waals surface area contributed by atoms with Gasteiger partial charge in [-0.25, -0.2) is 0 Å². The average Bonchev–Trinajstić information content (AvgIpc) is 2.56. The van der Waals surface area contributed by atoms with Crippen LogP contribution in [0.4, 0.5) is 5.69 Å². The standard InChI is InChI=1S/C23H28N2O2/c1-17-9-19(20-11-25(12-20)21-7-5-4-6-8-21)10-18(2)22(17)13-24-14-23(3,15-24)27-16-26/h4-10,16,20H,11-15H2,1-3H3. The highest BCUT2D eigenvalue weighted by molar-refractivity contribution is 5.51. The van der Waals surface area contributed by atoms with Crippen LogP contribution in [0.1, 0.15) is 35.1 Å². The number of carbonyl (C=O) groups excluding carboxylic acids is 1. The number of hydrogen-bond acceptors (Lipinski definition) is 4. The van der Waals surface area contributed by atoms with Crippen molar-refractivity contribution in [1.29, 1.82) is 0 Å². The summed E-state index contributed by atoms with van der Waals surface area (Å²) >= 11 is 0. The number of likely N-dealkylation sites (tertiary alicyclic amines) is 1. The van der Waals surface area contributed by atoms with Gasteiger partial charge in [0.05, 0.1) is 0 Å². The molecule has 2 saturated heterocycles. The van der Waals surface area contributed by atoms with Crippen LogP contribution in [0.15, 0.2) is 42.5 Å². The zero-order chi connectivity index (χ0) is 19.0. The first-order chi connectivity index (χ1) is 13.0. The second-order valence-electron chi connectivity index (χ2n) is 8.38. The Kier molecular flexibility index (Phi) is 4.68. The fraction of sp³-hybridized carbons (Fsp3) is 0.435. The van der Waals surface area contributed by atoms with Crippen molar-refractivity contribution in [3.05, 3.63) is 64.7 Å². The number of carbonyl (C=O) groups is 1. The Morgan fingerprint density at radius 1 is 1.11 bits per heavy atom. The largest absolute Gasteiger partial charge is 0.459 e. The molecule has 4 nitrogen and oxygen atoms in total. The minimum absolute atomic E-state index is 0.309. The molecule has 0 radical (unpaired) electrons. The molecular formula is C23H28N2O2. The number of hydrogen-bond donors (Lipinski definition) is 0. The molecule has 27 heavy (non-hydrogen) atoms. The summed E-state index contributed by atoms with van der Waals surface area (Å²) in [4.78, 5) is 15.4. The molecule has 2 aliphatic heterocycles. The Labute approximate surface area is 161 Å². The molecule has 142 valence electrons. The van der Waals surface area contributed by atoms with E-state index < -0.39 is 0 Å². The number of ether oxygens (including phenoxy) is 1. The van der Waals surface area contributed by atoms with E-state index in [0.29, 0.717) is 12.4 Å². The third-order valence-electron chi connectivity index (χ3n) is 6.02. The van der Waals surface area contributed by atoms with Gasteiger partial charge in [0.1, 0.15) is 5.60 Å².